The average molecular weight is 308 g/mol. The Morgan fingerprint density at radius 1 is 1.20 bits per heavy atom. The third-order valence-corrected chi connectivity index (χ3v) is 3.45. The SMILES string of the molecule is CCCC(C)(N)C(=O)N1CCN(C(=O)COC)CC1.Cl. The van der Waals surface area contributed by atoms with E-state index in [4.69, 9.17) is 10.5 Å². The van der Waals surface area contributed by atoms with Gasteiger partial charge in [-0.25, -0.2) is 0 Å². The first kappa shape index (κ1) is 19.1. The minimum atomic E-state index is -0.798. The molecule has 6 nitrogen and oxygen atoms in total. The van der Waals surface area contributed by atoms with Crippen molar-refractivity contribution in [1.82, 2.24) is 9.80 Å². The van der Waals surface area contributed by atoms with Crippen molar-refractivity contribution in [2.45, 2.75) is 32.2 Å². The third-order valence-electron chi connectivity index (χ3n) is 3.45. The lowest BCUT2D eigenvalue weighted by Gasteiger charge is -2.38. The van der Waals surface area contributed by atoms with Gasteiger partial charge in [0.2, 0.25) is 11.8 Å². The summed E-state index contributed by atoms with van der Waals surface area (Å²) in [5.74, 6) is -0.0492. The van der Waals surface area contributed by atoms with Crippen molar-refractivity contribution in [3.05, 3.63) is 0 Å². The molecule has 1 heterocycles. The van der Waals surface area contributed by atoms with E-state index in [-0.39, 0.29) is 30.8 Å². The third kappa shape index (κ3) is 4.92. The normalized spacial score (nSPS) is 18.2. The highest BCUT2D eigenvalue weighted by Crippen LogP contribution is 2.14. The number of ether oxygens (including phenoxy) is 1. The summed E-state index contributed by atoms with van der Waals surface area (Å²) in [5, 5.41) is 0. The van der Waals surface area contributed by atoms with Crippen molar-refractivity contribution < 1.29 is 14.3 Å². The zero-order valence-electron chi connectivity index (χ0n) is 12.6. The van der Waals surface area contributed by atoms with E-state index < -0.39 is 5.54 Å². The summed E-state index contributed by atoms with van der Waals surface area (Å²) in [6.07, 6.45) is 1.56. The molecule has 0 aromatic carbocycles. The van der Waals surface area contributed by atoms with Crippen molar-refractivity contribution in [3.8, 4) is 0 Å². The molecular weight excluding hydrogens is 282 g/mol. The molecule has 0 bridgehead atoms. The van der Waals surface area contributed by atoms with Gasteiger partial charge >= 0.3 is 0 Å². The van der Waals surface area contributed by atoms with Gasteiger partial charge in [-0.15, -0.1) is 12.4 Å². The monoisotopic (exact) mass is 307 g/mol. The van der Waals surface area contributed by atoms with E-state index in [0.717, 1.165) is 6.42 Å². The number of carbonyl (C=O) groups excluding carboxylic acids is 2. The molecule has 1 aliphatic rings. The van der Waals surface area contributed by atoms with Crippen molar-refractivity contribution in [3.63, 3.8) is 0 Å². The number of carbonyl (C=O) groups is 2. The number of amides is 2. The molecule has 2 amide bonds. The van der Waals surface area contributed by atoms with Crippen LogP contribution in [0.15, 0.2) is 0 Å². The Hall–Kier alpha value is -0.850. The Balaban J connectivity index is 0.00000361. The molecule has 0 aromatic rings. The molecule has 0 aromatic heterocycles. The Bertz CT molecular complexity index is 329. The summed E-state index contributed by atoms with van der Waals surface area (Å²) in [5.41, 5.74) is 5.25. The second kappa shape index (κ2) is 8.44. The Morgan fingerprint density at radius 2 is 1.70 bits per heavy atom. The van der Waals surface area contributed by atoms with Gasteiger partial charge in [-0.05, 0) is 13.3 Å². The predicted octanol–water partition coefficient (Wildman–Crippen LogP) is 0.243. The summed E-state index contributed by atoms with van der Waals surface area (Å²) in [4.78, 5) is 27.4. The summed E-state index contributed by atoms with van der Waals surface area (Å²) in [7, 11) is 1.50. The van der Waals surface area contributed by atoms with Crippen LogP contribution in [0.3, 0.4) is 0 Å². The zero-order valence-corrected chi connectivity index (χ0v) is 13.4. The molecule has 0 saturated carbocycles. The standard InChI is InChI=1S/C13H25N3O3.ClH/c1-4-5-13(2,14)12(18)16-8-6-15(7-9-16)11(17)10-19-3;/h4-10,14H2,1-3H3;1H. The van der Waals surface area contributed by atoms with Gasteiger partial charge < -0.3 is 20.3 Å². The molecule has 7 heteroatoms. The quantitative estimate of drug-likeness (QED) is 0.789. The number of nitrogens with zero attached hydrogens (tertiary/aromatic N) is 2. The first-order valence-electron chi connectivity index (χ1n) is 6.77. The number of hydrogen-bond donors (Lipinski definition) is 1. The van der Waals surface area contributed by atoms with Gasteiger partial charge in [-0.3, -0.25) is 9.59 Å². The molecule has 0 spiro atoms. The summed E-state index contributed by atoms with van der Waals surface area (Å²) >= 11 is 0. The fourth-order valence-electron chi connectivity index (χ4n) is 2.36. The Morgan fingerprint density at radius 3 is 2.15 bits per heavy atom. The summed E-state index contributed by atoms with van der Waals surface area (Å²) < 4.78 is 4.83. The van der Waals surface area contributed by atoms with Crippen molar-refractivity contribution in [2.24, 2.45) is 5.73 Å². The van der Waals surface area contributed by atoms with Gasteiger partial charge in [-0.1, -0.05) is 13.3 Å². The van der Waals surface area contributed by atoms with Crippen LogP contribution >= 0.6 is 12.4 Å². The molecule has 1 aliphatic heterocycles. The molecule has 118 valence electrons. The Kier molecular flexibility index (Phi) is 8.08. The van der Waals surface area contributed by atoms with Crippen LogP contribution in [0.25, 0.3) is 0 Å². The predicted molar refractivity (Wildman–Crippen MR) is 79.8 cm³/mol. The lowest BCUT2D eigenvalue weighted by molar-refractivity contribution is -0.144. The van der Waals surface area contributed by atoms with Crippen molar-refractivity contribution in [2.75, 3.05) is 39.9 Å². The molecule has 0 aliphatic carbocycles. The highest BCUT2D eigenvalue weighted by molar-refractivity contribution is 5.86. The number of hydrogen-bond acceptors (Lipinski definition) is 4. The van der Waals surface area contributed by atoms with Gasteiger partial charge in [-0.2, -0.15) is 0 Å². The van der Waals surface area contributed by atoms with Crippen molar-refractivity contribution in [1.29, 1.82) is 0 Å². The van der Waals surface area contributed by atoms with Crippen LogP contribution in [-0.2, 0) is 14.3 Å². The summed E-state index contributed by atoms with van der Waals surface area (Å²) in [6.45, 7) is 6.08. The van der Waals surface area contributed by atoms with Crippen LogP contribution in [0.5, 0.6) is 0 Å². The van der Waals surface area contributed by atoms with Gasteiger partial charge in [0.25, 0.3) is 0 Å². The van der Waals surface area contributed by atoms with Crippen LogP contribution in [0.1, 0.15) is 26.7 Å². The second-order valence-electron chi connectivity index (χ2n) is 5.27. The number of rotatable bonds is 5. The van der Waals surface area contributed by atoms with E-state index in [1.807, 2.05) is 6.92 Å². The van der Waals surface area contributed by atoms with Crippen LogP contribution < -0.4 is 5.73 Å². The van der Waals surface area contributed by atoms with E-state index in [1.165, 1.54) is 7.11 Å². The smallest absolute Gasteiger partial charge is 0.248 e. The molecule has 1 rings (SSSR count). The minimum absolute atomic E-state index is 0. The number of halogens is 1. The zero-order chi connectivity index (χ0) is 14.5. The number of piperazine rings is 1. The molecule has 20 heavy (non-hydrogen) atoms. The minimum Gasteiger partial charge on any atom is -0.375 e. The fourth-order valence-corrected chi connectivity index (χ4v) is 2.36. The van der Waals surface area contributed by atoms with E-state index >= 15 is 0 Å². The first-order valence-corrected chi connectivity index (χ1v) is 6.77. The molecule has 1 atom stereocenters. The van der Waals surface area contributed by atoms with Gasteiger partial charge in [0.05, 0.1) is 5.54 Å². The second-order valence-corrected chi connectivity index (χ2v) is 5.27. The molecule has 1 fully saturated rings. The lowest BCUT2D eigenvalue weighted by Crippen LogP contribution is -2.59. The summed E-state index contributed by atoms with van der Waals surface area (Å²) in [6, 6.07) is 0. The number of methoxy groups -OCH3 is 1. The molecule has 1 saturated heterocycles. The largest absolute Gasteiger partial charge is 0.375 e. The van der Waals surface area contributed by atoms with Crippen LogP contribution in [-0.4, -0.2) is 67.0 Å². The van der Waals surface area contributed by atoms with Crippen LogP contribution in [0.4, 0.5) is 0 Å². The van der Waals surface area contributed by atoms with E-state index in [0.29, 0.717) is 32.6 Å². The number of nitrogens with two attached hydrogens (primary N) is 1. The maximum absolute atomic E-state index is 12.3. The van der Waals surface area contributed by atoms with Gasteiger partial charge in [0.1, 0.15) is 6.61 Å². The molecular formula is C13H26ClN3O3. The molecule has 0 radical (unpaired) electrons. The Labute approximate surface area is 127 Å². The maximum Gasteiger partial charge on any atom is 0.248 e. The highest BCUT2D eigenvalue weighted by Gasteiger charge is 2.33. The van der Waals surface area contributed by atoms with Crippen LogP contribution in [0, 0.1) is 0 Å². The fraction of sp³-hybridized carbons (Fsp3) is 0.846. The van der Waals surface area contributed by atoms with Crippen molar-refractivity contribution >= 4 is 24.2 Å². The highest BCUT2D eigenvalue weighted by atomic mass is 35.5. The van der Waals surface area contributed by atoms with Gasteiger partial charge in [0.15, 0.2) is 0 Å². The van der Waals surface area contributed by atoms with Crippen LogP contribution in [0.2, 0.25) is 0 Å². The lowest BCUT2D eigenvalue weighted by atomic mass is 9.95. The van der Waals surface area contributed by atoms with E-state index in [2.05, 4.69) is 0 Å². The average Bonchev–Trinajstić information content (AvgIpc) is 2.38. The van der Waals surface area contributed by atoms with E-state index in [9.17, 15) is 9.59 Å². The van der Waals surface area contributed by atoms with Gasteiger partial charge in [0, 0.05) is 33.3 Å². The topological polar surface area (TPSA) is 75.9 Å². The van der Waals surface area contributed by atoms with E-state index in [1.54, 1.807) is 16.7 Å². The molecule has 2 N–H and O–H groups in total. The molecule has 1 unspecified atom stereocenters. The maximum atomic E-state index is 12.3. The first-order chi connectivity index (χ1) is 8.92.